The third-order valence-electron chi connectivity index (χ3n) is 1.75. The average Bonchev–Trinajstić information content (AvgIpc) is 2.00. The van der Waals surface area contributed by atoms with Gasteiger partial charge < -0.3 is 0 Å². The molecule has 51 valence electrons. The Morgan fingerprint density at radius 1 is 0.778 bits per heavy atom. The first kappa shape index (κ1) is 6.85. The van der Waals surface area contributed by atoms with E-state index in [1.165, 1.54) is 38.5 Å². The third-order valence-corrected chi connectivity index (χ3v) is 1.75. The normalized spacial score (nSPS) is 25.8. The molecule has 1 aliphatic carbocycles. The Kier molecular flexibility index (Phi) is 3.51. The first-order valence-corrected chi connectivity index (χ1v) is 3.97. The average molecular weight is 123 g/mol. The molecule has 1 rings (SSSR count). The van der Waals surface area contributed by atoms with E-state index in [0.29, 0.717) is 0 Å². The highest BCUT2D eigenvalue weighted by molar-refractivity contribution is 4.87. The van der Waals surface area contributed by atoms with Gasteiger partial charge in [-0.15, -0.1) is 0 Å². The lowest BCUT2D eigenvalue weighted by molar-refractivity contribution is 0.684. The van der Waals surface area contributed by atoms with E-state index in [4.69, 9.17) is 0 Å². The third kappa shape index (κ3) is 3.34. The molecule has 0 heterocycles. The Morgan fingerprint density at radius 2 is 1.67 bits per heavy atom. The molecule has 1 aliphatic rings. The van der Waals surface area contributed by atoms with Crippen LogP contribution in [0.2, 0.25) is 0 Å². The fourth-order valence-corrected chi connectivity index (χ4v) is 1.16. The summed E-state index contributed by atoms with van der Waals surface area (Å²) in [6.07, 6.45) is 15.0. The molecule has 0 aliphatic heterocycles. The predicted molar refractivity (Wildman–Crippen MR) is 41.1 cm³/mol. The second-order valence-corrected chi connectivity index (χ2v) is 2.63. The van der Waals surface area contributed by atoms with Crippen molar-refractivity contribution in [2.45, 2.75) is 38.5 Å². The molecular weight excluding hydrogens is 108 g/mol. The van der Waals surface area contributed by atoms with Crippen LogP contribution >= 0.6 is 0 Å². The van der Waals surface area contributed by atoms with E-state index in [1.807, 2.05) is 0 Å². The molecule has 0 aromatic heterocycles. The zero-order valence-electron chi connectivity index (χ0n) is 5.97. The van der Waals surface area contributed by atoms with Crippen molar-refractivity contribution in [3.05, 3.63) is 18.6 Å². The molecule has 0 saturated heterocycles. The first-order chi connectivity index (χ1) is 4.50. The topological polar surface area (TPSA) is 0 Å². The van der Waals surface area contributed by atoms with Gasteiger partial charge in [0, 0.05) is 0 Å². The second-order valence-electron chi connectivity index (χ2n) is 2.63. The second kappa shape index (κ2) is 4.60. The summed E-state index contributed by atoms with van der Waals surface area (Å²) >= 11 is 0. The maximum Gasteiger partial charge on any atom is -0.0319 e. The Morgan fingerprint density at radius 3 is 2.67 bits per heavy atom. The molecule has 0 aromatic carbocycles. The molecule has 0 unspecified atom stereocenters. The van der Waals surface area contributed by atoms with Crippen molar-refractivity contribution >= 4 is 0 Å². The fraction of sp³-hybridized carbons (Fsp3) is 0.667. The van der Waals surface area contributed by atoms with Gasteiger partial charge in [0.1, 0.15) is 0 Å². The number of allylic oxidation sites excluding steroid dienone is 2. The number of hydrogen-bond donors (Lipinski definition) is 0. The minimum atomic E-state index is 1.19. The van der Waals surface area contributed by atoms with Gasteiger partial charge in [0.15, 0.2) is 0 Å². The van der Waals surface area contributed by atoms with Gasteiger partial charge in [-0.3, -0.25) is 0 Å². The van der Waals surface area contributed by atoms with E-state index in [0.717, 1.165) is 0 Å². The van der Waals surface area contributed by atoms with Crippen LogP contribution in [0.15, 0.2) is 12.2 Å². The molecule has 9 heavy (non-hydrogen) atoms. The summed E-state index contributed by atoms with van der Waals surface area (Å²) in [4.78, 5) is 0. The summed E-state index contributed by atoms with van der Waals surface area (Å²) in [7, 11) is 0. The zero-order valence-corrected chi connectivity index (χ0v) is 5.97. The molecule has 0 amide bonds. The summed E-state index contributed by atoms with van der Waals surface area (Å²) in [6, 6.07) is 0. The zero-order chi connectivity index (χ0) is 6.36. The molecule has 1 radical (unpaired) electrons. The van der Waals surface area contributed by atoms with Crippen LogP contribution in [0.5, 0.6) is 0 Å². The smallest absolute Gasteiger partial charge is 0.0319 e. The molecule has 0 bridgehead atoms. The van der Waals surface area contributed by atoms with E-state index >= 15 is 0 Å². The molecular formula is C9H15. The van der Waals surface area contributed by atoms with Gasteiger partial charge in [0.25, 0.3) is 0 Å². The largest absolute Gasteiger partial charge is 0.0885 e. The van der Waals surface area contributed by atoms with E-state index in [9.17, 15) is 0 Å². The summed E-state index contributed by atoms with van der Waals surface area (Å²) in [5.74, 6) is 0. The van der Waals surface area contributed by atoms with Crippen molar-refractivity contribution in [2.24, 2.45) is 0 Å². The van der Waals surface area contributed by atoms with Crippen LogP contribution < -0.4 is 0 Å². The van der Waals surface area contributed by atoms with E-state index < -0.39 is 0 Å². The summed E-state index contributed by atoms with van der Waals surface area (Å²) in [5, 5.41) is 0. The Hall–Kier alpha value is -0.260. The van der Waals surface area contributed by atoms with Crippen molar-refractivity contribution in [3.8, 4) is 0 Å². The Balaban J connectivity index is 2.15. The lowest BCUT2D eigenvalue weighted by Gasteiger charge is -1.93. The molecule has 0 saturated carbocycles. The van der Waals surface area contributed by atoms with Crippen LogP contribution in [0.25, 0.3) is 0 Å². The number of hydrogen-bond acceptors (Lipinski definition) is 0. The molecule has 0 fully saturated rings. The van der Waals surface area contributed by atoms with Crippen LogP contribution in [-0.2, 0) is 0 Å². The highest BCUT2D eigenvalue weighted by Crippen LogP contribution is 2.10. The maximum atomic E-state index is 2.38. The molecule has 0 atom stereocenters. The molecule has 0 heteroatoms. The minimum Gasteiger partial charge on any atom is -0.0885 e. The lowest BCUT2D eigenvalue weighted by atomic mass is 10.1. The van der Waals surface area contributed by atoms with Crippen LogP contribution in [0.1, 0.15) is 38.5 Å². The van der Waals surface area contributed by atoms with Gasteiger partial charge in [0.2, 0.25) is 0 Å². The van der Waals surface area contributed by atoms with Gasteiger partial charge in [0.05, 0.1) is 0 Å². The quantitative estimate of drug-likeness (QED) is 0.434. The van der Waals surface area contributed by atoms with Crippen molar-refractivity contribution in [1.29, 1.82) is 0 Å². The van der Waals surface area contributed by atoms with E-state index in [-0.39, 0.29) is 0 Å². The van der Waals surface area contributed by atoms with Crippen molar-refractivity contribution in [3.63, 3.8) is 0 Å². The van der Waals surface area contributed by atoms with Gasteiger partial charge in [-0.25, -0.2) is 0 Å². The molecule has 0 N–H and O–H groups in total. The molecule has 0 spiro atoms. The minimum absolute atomic E-state index is 1.19. The van der Waals surface area contributed by atoms with Gasteiger partial charge in [-0.1, -0.05) is 25.0 Å². The summed E-state index contributed by atoms with van der Waals surface area (Å²) in [5.41, 5.74) is 0. The summed E-state index contributed by atoms with van der Waals surface area (Å²) < 4.78 is 0. The molecule has 0 aromatic rings. The first-order valence-electron chi connectivity index (χ1n) is 3.97. The van der Waals surface area contributed by atoms with Crippen LogP contribution in [0.3, 0.4) is 0 Å². The van der Waals surface area contributed by atoms with Crippen molar-refractivity contribution in [1.82, 2.24) is 0 Å². The SMILES string of the molecule is [CH]1C/C=C/CCCCC1. The Bertz CT molecular complexity index is 72.0. The van der Waals surface area contributed by atoms with Crippen molar-refractivity contribution in [2.75, 3.05) is 0 Å². The van der Waals surface area contributed by atoms with E-state index in [1.54, 1.807) is 0 Å². The molecule has 0 nitrogen and oxygen atoms in total. The fourth-order valence-electron chi connectivity index (χ4n) is 1.16. The highest BCUT2D eigenvalue weighted by atomic mass is 14.0. The van der Waals surface area contributed by atoms with Gasteiger partial charge in [-0.05, 0) is 32.1 Å². The van der Waals surface area contributed by atoms with Crippen LogP contribution in [-0.4, -0.2) is 0 Å². The maximum absolute atomic E-state index is 2.38. The van der Waals surface area contributed by atoms with E-state index in [2.05, 4.69) is 18.6 Å². The highest BCUT2D eigenvalue weighted by Gasteiger charge is 1.91. The lowest BCUT2D eigenvalue weighted by Crippen LogP contribution is -1.75. The van der Waals surface area contributed by atoms with Crippen LogP contribution in [0.4, 0.5) is 0 Å². The van der Waals surface area contributed by atoms with Crippen LogP contribution in [0, 0.1) is 6.42 Å². The standard InChI is InChI=1S/C9H15/c1-2-4-6-8-9-7-5-3-1/h1-2,5H,3-4,6-9H2/b2-1+. The Labute approximate surface area is 58.0 Å². The monoisotopic (exact) mass is 123 g/mol. The summed E-state index contributed by atoms with van der Waals surface area (Å²) in [6.45, 7) is 0. The van der Waals surface area contributed by atoms with Gasteiger partial charge >= 0.3 is 0 Å². The van der Waals surface area contributed by atoms with Gasteiger partial charge in [-0.2, -0.15) is 0 Å². The number of rotatable bonds is 0. The predicted octanol–water partition coefficient (Wildman–Crippen LogP) is 3.10. The van der Waals surface area contributed by atoms with Crippen molar-refractivity contribution < 1.29 is 0 Å².